The van der Waals surface area contributed by atoms with E-state index in [-0.39, 0.29) is 16.7 Å². The van der Waals surface area contributed by atoms with E-state index in [4.69, 9.17) is 0 Å². The van der Waals surface area contributed by atoms with E-state index in [1.807, 2.05) is 26.8 Å². The SMILES string of the molecule is Cc1ccc(S(=O)(=O)NC(CC(C)C)C(=O)N(C)Cc2cccnc2)cc1. The zero-order valence-electron chi connectivity index (χ0n) is 16.2. The third-order valence-electron chi connectivity index (χ3n) is 4.15. The Hall–Kier alpha value is -2.25. The van der Waals surface area contributed by atoms with Gasteiger partial charge < -0.3 is 4.90 Å². The van der Waals surface area contributed by atoms with Gasteiger partial charge in [-0.2, -0.15) is 4.72 Å². The second kappa shape index (κ2) is 9.10. The topological polar surface area (TPSA) is 79.4 Å². The molecule has 2 rings (SSSR count). The van der Waals surface area contributed by atoms with Crippen LogP contribution in [0.15, 0.2) is 53.7 Å². The number of hydrogen-bond acceptors (Lipinski definition) is 4. The Balaban J connectivity index is 2.18. The standard InChI is InChI=1S/C20H27N3O3S/c1-15(2)12-19(20(24)23(4)14-17-6-5-11-21-13-17)22-27(25,26)18-9-7-16(3)8-10-18/h5-11,13,15,19,22H,12,14H2,1-4H3. The first-order valence-corrected chi connectivity index (χ1v) is 10.4. The van der Waals surface area contributed by atoms with Crippen LogP contribution in [0.25, 0.3) is 0 Å². The first-order valence-electron chi connectivity index (χ1n) is 8.92. The molecule has 6 nitrogen and oxygen atoms in total. The van der Waals surface area contributed by atoms with Gasteiger partial charge >= 0.3 is 0 Å². The Labute approximate surface area is 161 Å². The average Bonchev–Trinajstić information content (AvgIpc) is 2.61. The number of hydrogen-bond donors (Lipinski definition) is 1. The molecule has 1 amide bonds. The molecule has 2 aromatic rings. The fraction of sp³-hybridized carbons (Fsp3) is 0.400. The zero-order chi connectivity index (χ0) is 20.0. The molecule has 0 saturated heterocycles. The largest absolute Gasteiger partial charge is 0.340 e. The third-order valence-corrected chi connectivity index (χ3v) is 5.64. The summed E-state index contributed by atoms with van der Waals surface area (Å²) in [6.45, 7) is 6.18. The lowest BCUT2D eigenvalue weighted by Gasteiger charge is -2.25. The smallest absolute Gasteiger partial charge is 0.241 e. The van der Waals surface area contributed by atoms with E-state index >= 15 is 0 Å². The number of pyridine rings is 1. The molecule has 1 heterocycles. The summed E-state index contributed by atoms with van der Waals surface area (Å²) in [5, 5.41) is 0. The number of nitrogens with zero attached hydrogens (tertiary/aromatic N) is 2. The number of carbonyl (C=O) groups is 1. The summed E-state index contributed by atoms with van der Waals surface area (Å²) >= 11 is 0. The molecule has 0 fully saturated rings. The second-order valence-corrected chi connectivity index (χ2v) is 8.89. The van der Waals surface area contributed by atoms with Crippen LogP contribution in [0.5, 0.6) is 0 Å². The summed E-state index contributed by atoms with van der Waals surface area (Å²) < 4.78 is 28.1. The lowest BCUT2D eigenvalue weighted by atomic mass is 10.0. The Bertz CT molecular complexity index is 850. The van der Waals surface area contributed by atoms with Crippen LogP contribution in [0.4, 0.5) is 0 Å². The predicted molar refractivity (Wildman–Crippen MR) is 105 cm³/mol. The minimum absolute atomic E-state index is 0.157. The molecule has 1 aromatic heterocycles. The number of aromatic nitrogens is 1. The van der Waals surface area contributed by atoms with Crippen molar-refractivity contribution in [3.8, 4) is 0 Å². The van der Waals surface area contributed by atoms with E-state index in [0.717, 1.165) is 11.1 Å². The number of carbonyl (C=O) groups excluding carboxylic acids is 1. The molecule has 0 radical (unpaired) electrons. The van der Waals surface area contributed by atoms with Gasteiger partial charge in [-0.1, -0.05) is 37.6 Å². The van der Waals surface area contributed by atoms with Gasteiger partial charge in [-0.25, -0.2) is 8.42 Å². The molecule has 0 bridgehead atoms. The van der Waals surface area contributed by atoms with Crippen LogP contribution in [0.1, 0.15) is 31.4 Å². The van der Waals surface area contributed by atoms with Crippen LogP contribution in [0, 0.1) is 12.8 Å². The fourth-order valence-corrected chi connectivity index (χ4v) is 3.96. The van der Waals surface area contributed by atoms with Gasteiger partial charge in [0, 0.05) is 26.0 Å². The van der Waals surface area contributed by atoms with Gasteiger partial charge in [0.2, 0.25) is 15.9 Å². The van der Waals surface area contributed by atoms with Crippen molar-refractivity contribution >= 4 is 15.9 Å². The normalized spacial score (nSPS) is 12.8. The van der Waals surface area contributed by atoms with Crippen LogP contribution in [0.2, 0.25) is 0 Å². The van der Waals surface area contributed by atoms with Crippen molar-refractivity contribution in [3.63, 3.8) is 0 Å². The van der Waals surface area contributed by atoms with Gasteiger partial charge in [-0.3, -0.25) is 9.78 Å². The summed E-state index contributed by atoms with van der Waals surface area (Å²) in [4.78, 5) is 18.7. The highest BCUT2D eigenvalue weighted by atomic mass is 32.2. The van der Waals surface area contributed by atoms with Crippen molar-refractivity contribution in [2.24, 2.45) is 5.92 Å². The molecule has 1 unspecified atom stereocenters. The molecule has 1 atom stereocenters. The van der Waals surface area contributed by atoms with E-state index in [0.29, 0.717) is 13.0 Å². The van der Waals surface area contributed by atoms with Crippen LogP contribution in [0.3, 0.4) is 0 Å². The van der Waals surface area contributed by atoms with E-state index < -0.39 is 16.1 Å². The number of rotatable bonds is 8. The molecular formula is C20H27N3O3S. The Morgan fingerprint density at radius 2 is 1.85 bits per heavy atom. The molecule has 27 heavy (non-hydrogen) atoms. The van der Waals surface area contributed by atoms with Crippen molar-refractivity contribution < 1.29 is 13.2 Å². The van der Waals surface area contributed by atoms with Crippen molar-refractivity contribution in [2.45, 2.75) is 44.7 Å². The molecular weight excluding hydrogens is 362 g/mol. The van der Waals surface area contributed by atoms with Gasteiger partial charge in [-0.15, -0.1) is 0 Å². The van der Waals surface area contributed by atoms with Crippen LogP contribution in [-0.4, -0.2) is 37.3 Å². The Kier molecular flexibility index (Phi) is 7.10. The number of sulfonamides is 1. The predicted octanol–water partition coefficient (Wildman–Crippen LogP) is 2.74. The summed E-state index contributed by atoms with van der Waals surface area (Å²) in [5.74, 6) is -0.102. The van der Waals surface area contributed by atoms with Gasteiger partial charge in [0.25, 0.3) is 0 Å². The summed E-state index contributed by atoms with van der Waals surface area (Å²) in [5.41, 5.74) is 1.86. The van der Waals surface area contributed by atoms with Crippen molar-refractivity contribution in [2.75, 3.05) is 7.05 Å². The molecule has 0 aliphatic heterocycles. The fourth-order valence-electron chi connectivity index (χ4n) is 2.75. The highest BCUT2D eigenvalue weighted by molar-refractivity contribution is 7.89. The van der Waals surface area contributed by atoms with E-state index in [1.54, 1.807) is 49.8 Å². The molecule has 0 spiro atoms. The first kappa shape index (κ1) is 21.1. The molecule has 0 aliphatic carbocycles. The minimum Gasteiger partial charge on any atom is -0.340 e. The third kappa shape index (κ3) is 6.15. The maximum Gasteiger partial charge on any atom is 0.241 e. The van der Waals surface area contributed by atoms with E-state index in [9.17, 15) is 13.2 Å². The molecule has 0 aliphatic rings. The lowest BCUT2D eigenvalue weighted by molar-refractivity contribution is -0.132. The minimum atomic E-state index is -3.78. The van der Waals surface area contributed by atoms with Gasteiger partial charge in [0.05, 0.1) is 4.90 Å². The molecule has 1 N–H and O–H groups in total. The van der Waals surface area contributed by atoms with Crippen LogP contribution >= 0.6 is 0 Å². The average molecular weight is 390 g/mol. The Morgan fingerprint density at radius 1 is 1.19 bits per heavy atom. The Morgan fingerprint density at radius 3 is 2.41 bits per heavy atom. The maximum atomic E-state index is 12.9. The molecule has 0 saturated carbocycles. The summed E-state index contributed by atoms with van der Waals surface area (Å²) in [6, 6.07) is 9.44. The van der Waals surface area contributed by atoms with Crippen molar-refractivity contribution in [1.29, 1.82) is 0 Å². The summed E-state index contributed by atoms with van der Waals surface area (Å²) in [7, 11) is -2.11. The van der Waals surface area contributed by atoms with Crippen LogP contribution in [-0.2, 0) is 21.4 Å². The second-order valence-electron chi connectivity index (χ2n) is 7.17. The number of likely N-dealkylation sites (N-methyl/N-ethyl adjacent to an activating group) is 1. The van der Waals surface area contributed by atoms with E-state index in [1.165, 1.54) is 4.90 Å². The highest BCUT2D eigenvalue weighted by Gasteiger charge is 2.28. The zero-order valence-corrected chi connectivity index (χ0v) is 17.0. The molecule has 146 valence electrons. The number of benzene rings is 1. The monoisotopic (exact) mass is 389 g/mol. The van der Waals surface area contributed by atoms with Crippen molar-refractivity contribution in [1.82, 2.24) is 14.6 Å². The number of amides is 1. The lowest BCUT2D eigenvalue weighted by Crippen LogP contribution is -2.47. The molecule has 7 heteroatoms. The highest BCUT2D eigenvalue weighted by Crippen LogP contribution is 2.15. The molecule has 1 aromatic carbocycles. The van der Waals surface area contributed by atoms with Gasteiger partial charge in [0.15, 0.2) is 0 Å². The van der Waals surface area contributed by atoms with Gasteiger partial charge in [0.1, 0.15) is 6.04 Å². The number of aryl methyl sites for hydroxylation is 1. The van der Waals surface area contributed by atoms with Gasteiger partial charge in [-0.05, 0) is 43.0 Å². The first-order chi connectivity index (χ1) is 12.7. The maximum absolute atomic E-state index is 12.9. The summed E-state index contributed by atoms with van der Waals surface area (Å²) in [6.07, 6.45) is 3.78. The van der Waals surface area contributed by atoms with Crippen LogP contribution < -0.4 is 4.72 Å². The quantitative estimate of drug-likeness (QED) is 0.753. The van der Waals surface area contributed by atoms with Crippen molar-refractivity contribution in [3.05, 3.63) is 59.9 Å². The number of nitrogens with one attached hydrogen (secondary N) is 1. The van der Waals surface area contributed by atoms with E-state index in [2.05, 4.69) is 9.71 Å².